The molecule has 0 radical (unpaired) electrons. The van der Waals surface area contributed by atoms with E-state index < -0.39 is 0 Å². The molecule has 3 rings (SSSR count). The van der Waals surface area contributed by atoms with E-state index in [-0.39, 0.29) is 5.91 Å². The molecule has 116 valence electrons. The number of nitrogens with zero attached hydrogens (tertiary/aromatic N) is 5. The van der Waals surface area contributed by atoms with Gasteiger partial charge in [-0.15, -0.1) is 17.9 Å². The Morgan fingerprint density at radius 2 is 2.35 bits per heavy atom. The van der Waals surface area contributed by atoms with Crippen molar-refractivity contribution in [1.29, 1.82) is 0 Å². The number of amides is 1. The molecule has 3 aromatic rings. The molecule has 7 heteroatoms. The van der Waals surface area contributed by atoms with Crippen molar-refractivity contribution in [2.45, 2.75) is 6.54 Å². The van der Waals surface area contributed by atoms with Crippen LogP contribution in [0.4, 0.5) is 0 Å². The Bertz CT molecular complexity index is 783. The SMILES string of the molecule is C=CCN(Cc1cccs1)C(=O)c1ccnc(-n2cncn2)c1. The summed E-state index contributed by atoms with van der Waals surface area (Å²) in [7, 11) is 0. The highest BCUT2D eigenvalue weighted by Crippen LogP contribution is 2.15. The van der Waals surface area contributed by atoms with Gasteiger partial charge < -0.3 is 4.90 Å². The van der Waals surface area contributed by atoms with E-state index in [9.17, 15) is 4.79 Å². The molecule has 0 aliphatic rings. The lowest BCUT2D eigenvalue weighted by atomic mass is 10.2. The summed E-state index contributed by atoms with van der Waals surface area (Å²) < 4.78 is 1.52. The van der Waals surface area contributed by atoms with Crippen LogP contribution >= 0.6 is 11.3 Å². The van der Waals surface area contributed by atoms with Gasteiger partial charge in [0.2, 0.25) is 0 Å². The highest BCUT2D eigenvalue weighted by molar-refractivity contribution is 7.09. The van der Waals surface area contributed by atoms with E-state index in [0.717, 1.165) is 4.88 Å². The Kier molecular flexibility index (Phi) is 4.58. The summed E-state index contributed by atoms with van der Waals surface area (Å²) in [6, 6.07) is 7.40. The van der Waals surface area contributed by atoms with Crippen molar-refractivity contribution in [1.82, 2.24) is 24.6 Å². The summed E-state index contributed by atoms with van der Waals surface area (Å²) >= 11 is 1.63. The predicted molar refractivity (Wildman–Crippen MR) is 88.4 cm³/mol. The van der Waals surface area contributed by atoms with Crippen LogP contribution in [0.2, 0.25) is 0 Å². The molecule has 3 aromatic heterocycles. The first-order valence-electron chi connectivity index (χ1n) is 7.01. The molecule has 1 amide bonds. The molecular formula is C16H15N5OS. The number of rotatable bonds is 6. The first kappa shape index (κ1) is 15.1. The summed E-state index contributed by atoms with van der Waals surface area (Å²) in [5.41, 5.74) is 0.559. The van der Waals surface area contributed by atoms with Gasteiger partial charge in [0.05, 0.1) is 6.54 Å². The fourth-order valence-electron chi connectivity index (χ4n) is 2.15. The molecule has 0 spiro atoms. The zero-order valence-corrected chi connectivity index (χ0v) is 13.2. The fourth-order valence-corrected chi connectivity index (χ4v) is 2.87. The Balaban J connectivity index is 1.85. The van der Waals surface area contributed by atoms with Crippen molar-refractivity contribution in [2.75, 3.05) is 6.54 Å². The Hall–Kier alpha value is -2.80. The van der Waals surface area contributed by atoms with Gasteiger partial charge in [-0.05, 0) is 23.6 Å². The Labute approximate surface area is 137 Å². The minimum absolute atomic E-state index is 0.0675. The second kappa shape index (κ2) is 6.97. The van der Waals surface area contributed by atoms with E-state index in [4.69, 9.17) is 0 Å². The van der Waals surface area contributed by atoms with E-state index >= 15 is 0 Å². The highest BCUT2D eigenvalue weighted by atomic mass is 32.1. The number of hydrogen-bond donors (Lipinski definition) is 0. The van der Waals surface area contributed by atoms with Crippen LogP contribution in [-0.2, 0) is 6.54 Å². The third-order valence-corrected chi connectivity index (χ3v) is 4.07. The lowest BCUT2D eigenvalue weighted by Crippen LogP contribution is -2.30. The van der Waals surface area contributed by atoms with Crippen LogP contribution in [0.25, 0.3) is 5.82 Å². The zero-order chi connectivity index (χ0) is 16.1. The summed E-state index contributed by atoms with van der Waals surface area (Å²) in [6.07, 6.45) is 6.30. The zero-order valence-electron chi connectivity index (χ0n) is 12.4. The molecule has 3 heterocycles. The second-order valence-electron chi connectivity index (χ2n) is 4.80. The van der Waals surface area contributed by atoms with Crippen molar-refractivity contribution in [3.8, 4) is 5.82 Å². The lowest BCUT2D eigenvalue weighted by molar-refractivity contribution is 0.0764. The third kappa shape index (κ3) is 3.51. The van der Waals surface area contributed by atoms with E-state index in [1.165, 1.54) is 11.0 Å². The number of carbonyl (C=O) groups is 1. The summed E-state index contributed by atoms with van der Waals surface area (Å²) in [4.78, 5) is 23.8. The van der Waals surface area contributed by atoms with Gasteiger partial charge in [0.1, 0.15) is 12.7 Å². The van der Waals surface area contributed by atoms with Crippen LogP contribution in [0.1, 0.15) is 15.2 Å². The van der Waals surface area contributed by atoms with Gasteiger partial charge in [0.15, 0.2) is 5.82 Å². The number of pyridine rings is 1. The molecule has 0 fully saturated rings. The van der Waals surface area contributed by atoms with Crippen molar-refractivity contribution < 1.29 is 4.79 Å². The predicted octanol–water partition coefficient (Wildman–Crippen LogP) is 2.55. The van der Waals surface area contributed by atoms with Crippen LogP contribution in [-0.4, -0.2) is 37.1 Å². The Morgan fingerprint density at radius 3 is 3.04 bits per heavy atom. The lowest BCUT2D eigenvalue weighted by Gasteiger charge is -2.20. The number of aromatic nitrogens is 4. The number of carbonyl (C=O) groups excluding carboxylic acids is 1. The van der Waals surface area contributed by atoms with Crippen LogP contribution < -0.4 is 0 Å². The average Bonchev–Trinajstić information content (AvgIpc) is 3.27. The van der Waals surface area contributed by atoms with Crippen LogP contribution in [0.15, 0.2) is 61.2 Å². The molecule has 0 aromatic carbocycles. The van der Waals surface area contributed by atoms with Crippen LogP contribution in [0.5, 0.6) is 0 Å². The highest BCUT2D eigenvalue weighted by Gasteiger charge is 2.16. The maximum absolute atomic E-state index is 12.8. The van der Waals surface area contributed by atoms with Gasteiger partial charge in [-0.25, -0.2) is 14.6 Å². The first-order chi connectivity index (χ1) is 11.3. The molecule has 0 bridgehead atoms. The van der Waals surface area contributed by atoms with E-state index in [1.807, 2.05) is 17.5 Å². The molecule has 0 saturated carbocycles. The fraction of sp³-hybridized carbons (Fsp3) is 0.125. The third-order valence-electron chi connectivity index (χ3n) is 3.21. The molecule has 0 N–H and O–H groups in total. The van der Waals surface area contributed by atoms with Crippen LogP contribution in [0, 0.1) is 0 Å². The van der Waals surface area contributed by atoms with E-state index in [1.54, 1.807) is 47.0 Å². The van der Waals surface area contributed by atoms with Gasteiger partial charge in [-0.2, -0.15) is 5.10 Å². The van der Waals surface area contributed by atoms with E-state index in [2.05, 4.69) is 21.6 Å². The van der Waals surface area contributed by atoms with E-state index in [0.29, 0.717) is 24.5 Å². The van der Waals surface area contributed by atoms with Gasteiger partial charge in [-0.3, -0.25) is 4.79 Å². The number of hydrogen-bond acceptors (Lipinski definition) is 5. The Morgan fingerprint density at radius 1 is 1.43 bits per heavy atom. The maximum Gasteiger partial charge on any atom is 0.254 e. The van der Waals surface area contributed by atoms with Gasteiger partial charge in [-0.1, -0.05) is 12.1 Å². The summed E-state index contributed by atoms with van der Waals surface area (Å²) in [5.74, 6) is 0.491. The quantitative estimate of drug-likeness (QED) is 0.653. The molecule has 0 saturated heterocycles. The molecule has 0 aliphatic carbocycles. The maximum atomic E-state index is 12.8. The normalized spacial score (nSPS) is 10.4. The van der Waals surface area contributed by atoms with Gasteiger partial charge in [0, 0.05) is 23.2 Å². The van der Waals surface area contributed by atoms with Crippen molar-refractivity contribution in [3.05, 3.63) is 71.6 Å². The molecule has 0 unspecified atom stereocenters. The second-order valence-corrected chi connectivity index (χ2v) is 5.83. The molecule has 23 heavy (non-hydrogen) atoms. The average molecular weight is 325 g/mol. The van der Waals surface area contributed by atoms with Crippen molar-refractivity contribution in [3.63, 3.8) is 0 Å². The molecular weight excluding hydrogens is 310 g/mol. The molecule has 6 nitrogen and oxygen atoms in total. The van der Waals surface area contributed by atoms with Gasteiger partial charge in [0.25, 0.3) is 5.91 Å². The monoisotopic (exact) mass is 325 g/mol. The topological polar surface area (TPSA) is 63.9 Å². The largest absolute Gasteiger partial charge is 0.330 e. The van der Waals surface area contributed by atoms with Gasteiger partial charge >= 0.3 is 0 Å². The summed E-state index contributed by atoms with van der Waals surface area (Å²) in [5, 5.41) is 6.03. The minimum atomic E-state index is -0.0675. The summed E-state index contributed by atoms with van der Waals surface area (Å²) in [6.45, 7) is 4.78. The smallest absolute Gasteiger partial charge is 0.254 e. The van der Waals surface area contributed by atoms with Crippen molar-refractivity contribution >= 4 is 17.2 Å². The molecule has 0 aliphatic heterocycles. The first-order valence-corrected chi connectivity index (χ1v) is 7.89. The minimum Gasteiger partial charge on any atom is -0.330 e. The van der Waals surface area contributed by atoms with Crippen molar-refractivity contribution in [2.24, 2.45) is 0 Å². The number of thiophene rings is 1. The standard InChI is InChI=1S/C16H15N5OS/c1-2-7-20(10-14-4-3-8-23-14)16(22)13-5-6-18-15(9-13)21-12-17-11-19-21/h2-6,8-9,11-12H,1,7,10H2. The molecule has 0 atom stereocenters. The van der Waals surface area contributed by atoms with Crippen LogP contribution in [0.3, 0.4) is 0 Å².